The Labute approximate surface area is 196 Å². The van der Waals surface area contributed by atoms with Gasteiger partial charge in [-0.25, -0.2) is 4.79 Å². The van der Waals surface area contributed by atoms with Gasteiger partial charge in [0.25, 0.3) is 5.91 Å². The summed E-state index contributed by atoms with van der Waals surface area (Å²) in [5.41, 5.74) is 4.04. The summed E-state index contributed by atoms with van der Waals surface area (Å²) in [7, 11) is 0. The van der Waals surface area contributed by atoms with E-state index in [4.69, 9.17) is 9.84 Å². The summed E-state index contributed by atoms with van der Waals surface area (Å²) in [5.74, 6) is -6.97. The average molecular weight is 475 g/mol. The molecule has 0 radical (unpaired) electrons. The maximum Gasteiger partial charge on any atom is 0.407 e. The Hall–Kier alpha value is -3.49. The third kappa shape index (κ3) is 6.09. The van der Waals surface area contributed by atoms with Crippen molar-refractivity contribution in [3.8, 4) is 11.1 Å². The number of hydrogen-bond donors (Lipinski definition) is 3. The van der Waals surface area contributed by atoms with E-state index in [0.717, 1.165) is 28.7 Å². The van der Waals surface area contributed by atoms with Gasteiger partial charge in [-0.3, -0.25) is 9.59 Å². The van der Waals surface area contributed by atoms with Gasteiger partial charge in [-0.15, -0.1) is 0 Å². The number of alkyl carbamates (subject to hydrolysis) is 1. The van der Waals surface area contributed by atoms with Gasteiger partial charge in [-0.05, 0) is 28.7 Å². The lowest BCUT2D eigenvalue weighted by Gasteiger charge is -2.22. The molecule has 0 aromatic heterocycles. The molecule has 3 rings (SSSR count). The van der Waals surface area contributed by atoms with Gasteiger partial charge in [0.1, 0.15) is 6.61 Å². The van der Waals surface area contributed by atoms with Crippen molar-refractivity contribution >= 4 is 18.0 Å². The average Bonchev–Trinajstić information content (AvgIpc) is 3.13. The number of carboxylic acid groups (broad SMARTS) is 1. The van der Waals surface area contributed by atoms with Crippen LogP contribution in [0.4, 0.5) is 13.6 Å². The van der Waals surface area contributed by atoms with Crippen LogP contribution in [0.2, 0.25) is 0 Å². The number of aliphatic carboxylic acids is 1. The molecule has 2 aromatic carbocycles. The van der Waals surface area contributed by atoms with Crippen LogP contribution in [0.1, 0.15) is 49.7 Å². The van der Waals surface area contributed by atoms with Crippen molar-refractivity contribution < 1.29 is 33.0 Å². The smallest absolute Gasteiger partial charge is 0.407 e. The van der Waals surface area contributed by atoms with E-state index in [2.05, 4.69) is 5.32 Å². The molecule has 0 heterocycles. The molecule has 1 aliphatic carbocycles. The Bertz CT molecular complexity index is 998. The van der Waals surface area contributed by atoms with Crippen molar-refractivity contribution in [1.82, 2.24) is 10.6 Å². The summed E-state index contributed by atoms with van der Waals surface area (Å²) < 4.78 is 33.8. The monoisotopic (exact) mass is 474 g/mol. The Morgan fingerprint density at radius 3 is 2.21 bits per heavy atom. The maximum atomic E-state index is 14.3. The van der Waals surface area contributed by atoms with E-state index >= 15 is 0 Å². The normalized spacial score (nSPS) is 13.5. The molecule has 182 valence electrons. The lowest BCUT2D eigenvalue weighted by Crippen LogP contribution is -2.51. The molecule has 0 unspecified atom stereocenters. The Kier molecular flexibility index (Phi) is 8.20. The lowest BCUT2D eigenvalue weighted by molar-refractivity contribution is -0.146. The molecule has 0 saturated heterocycles. The SMILES string of the molecule is CCCC[C@H](CC(=O)O)NC(=O)C(F)(F)CNC(=O)OCC1c2ccccc2-c2ccccc21. The number of ether oxygens (including phenoxy) is 1. The fourth-order valence-electron chi connectivity index (χ4n) is 4.09. The van der Waals surface area contributed by atoms with Crippen LogP contribution in [0.15, 0.2) is 48.5 Å². The first kappa shape index (κ1) is 25.1. The summed E-state index contributed by atoms with van der Waals surface area (Å²) in [6.07, 6.45) is 0.0574. The molecule has 0 saturated carbocycles. The number of alkyl halides is 2. The van der Waals surface area contributed by atoms with E-state index in [1.807, 2.05) is 60.8 Å². The van der Waals surface area contributed by atoms with Gasteiger partial charge >= 0.3 is 18.0 Å². The van der Waals surface area contributed by atoms with Crippen molar-refractivity contribution in [2.24, 2.45) is 0 Å². The molecule has 0 fully saturated rings. The van der Waals surface area contributed by atoms with Crippen molar-refractivity contribution in [2.75, 3.05) is 13.2 Å². The van der Waals surface area contributed by atoms with Gasteiger partial charge in [-0.2, -0.15) is 8.78 Å². The number of halogens is 2. The molecule has 3 N–H and O–H groups in total. The zero-order valence-corrected chi connectivity index (χ0v) is 18.9. The van der Waals surface area contributed by atoms with Crippen LogP contribution >= 0.6 is 0 Å². The molecule has 2 amide bonds. The third-order valence-electron chi connectivity index (χ3n) is 5.79. The van der Waals surface area contributed by atoms with Crippen LogP contribution in [0.3, 0.4) is 0 Å². The van der Waals surface area contributed by atoms with Crippen LogP contribution in [-0.2, 0) is 14.3 Å². The van der Waals surface area contributed by atoms with Gasteiger partial charge < -0.3 is 20.5 Å². The topological polar surface area (TPSA) is 105 Å². The maximum absolute atomic E-state index is 14.3. The van der Waals surface area contributed by atoms with E-state index in [9.17, 15) is 23.2 Å². The van der Waals surface area contributed by atoms with E-state index in [1.54, 1.807) is 0 Å². The van der Waals surface area contributed by atoms with Gasteiger partial charge in [0.15, 0.2) is 0 Å². The standard InChI is InChI=1S/C25H28F2N2O5/c1-2-3-8-16(13-22(30)31)29-23(32)25(26,27)15-28-24(33)34-14-21-19-11-6-4-9-17(19)18-10-5-7-12-20(18)21/h4-7,9-12,16,21H,2-3,8,13-15H2,1H3,(H,28,33)(H,29,32)(H,30,31)/t16-/m1/s1. The molecule has 34 heavy (non-hydrogen) atoms. The number of unbranched alkanes of at least 4 members (excludes halogenated alkanes) is 1. The highest BCUT2D eigenvalue weighted by Crippen LogP contribution is 2.44. The first-order valence-electron chi connectivity index (χ1n) is 11.2. The van der Waals surface area contributed by atoms with Gasteiger partial charge in [0, 0.05) is 12.0 Å². The molecule has 0 aliphatic heterocycles. The molecule has 2 aromatic rings. The zero-order chi connectivity index (χ0) is 24.7. The second kappa shape index (κ2) is 11.1. The first-order chi connectivity index (χ1) is 16.2. The number of benzene rings is 2. The van der Waals surface area contributed by atoms with E-state index in [-0.39, 0.29) is 18.9 Å². The van der Waals surface area contributed by atoms with Gasteiger partial charge in [0.2, 0.25) is 0 Å². The third-order valence-corrected chi connectivity index (χ3v) is 5.79. The highest BCUT2D eigenvalue weighted by Gasteiger charge is 2.40. The van der Waals surface area contributed by atoms with Crippen LogP contribution in [0.5, 0.6) is 0 Å². The minimum atomic E-state index is -3.92. The number of carbonyl (C=O) groups excluding carboxylic acids is 2. The summed E-state index contributed by atoms with van der Waals surface area (Å²) in [4.78, 5) is 35.1. The van der Waals surface area contributed by atoms with Crippen LogP contribution in [0.25, 0.3) is 11.1 Å². The van der Waals surface area contributed by atoms with Crippen molar-refractivity contribution in [3.05, 3.63) is 59.7 Å². The second-order valence-corrected chi connectivity index (χ2v) is 8.29. The number of fused-ring (bicyclic) bond motifs is 3. The highest BCUT2D eigenvalue weighted by atomic mass is 19.3. The predicted molar refractivity (Wildman–Crippen MR) is 122 cm³/mol. The van der Waals surface area contributed by atoms with Crippen LogP contribution < -0.4 is 10.6 Å². The van der Waals surface area contributed by atoms with Crippen molar-refractivity contribution in [1.29, 1.82) is 0 Å². The minimum absolute atomic E-state index is 0.0463. The van der Waals surface area contributed by atoms with Crippen molar-refractivity contribution in [3.63, 3.8) is 0 Å². The fraction of sp³-hybridized carbons (Fsp3) is 0.400. The number of nitrogens with one attached hydrogen (secondary N) is 2. The molecule has 7 nitrogen and oxygen atoms in total. The summed E-state index contributed by atoms with van der Waals surface area (Å²) in [6, 6.07) is 14.5. The van der Waals surface area contributed by atoms with E-state index in [1.165, 1.54) is 0 Å². The number of carbonyl (C=O) groups is 3. The number of amides is 2. The van der Waals surface area contributed by atoms with Gasteiger partial charge in [0.05, 0.1) is 13.0 Å². The van der Waals surface area contributed by atoms with E-state index in [0.29, 0.717) is 6.42 Å². The Balaban J connectivity index is 1.54. The quantitative estimate of drug-likeness (QED) is 0.450. The molecule has 0 spiro atoms. The first-order valence-corrected chi connectivity index (χ1v) is 11.2. The molecule has 9 heteroatoms. The van der Waals surface area contributed by atoms with E-state index < -0.39 is 42.9 Å². The summed E-state index contributed by atoms with van der Waals surface area (Å²) >= 11 is 0. The number of carboxylic acids is 1. The van der Waals surface area contributed by atoms with Crippen molar-refractivity contribution in [2.45, 2.75) is 50.5 Å². The number of hydrogen-bond acceptors (Lipinski definition) is 4. The Morgan fingerprint density at radius 1 is 1.06 bits per heavy atom. The number of rotatable bonds is 11. The fourth-order valence-corrected chi connectivity index (χ4v) is 4.09. The molecular formula is C25H28F2N2O5. The molecule has 1 atom stereocenters. The minimum Gasteiger partial charge on any atom is -0.481 e. The van der Waals surface area contributed by atoms with Crippen LogP contribution in [0, 0.1) is 0 Å². The molecular weight excluding hydrogens is 446 g/mol. The summed E-state index contributed by atoms with van der Waals surface area (Å²) in [5, 5.41) is 13.0. The molecule has 0 bridgehead atoms. The Morgan fingerprint density at radius 2 is 1.65 bits per heavy atom. The summed E-state index contributed by atoms with van der Waals surface area (Å²) in [6.45, 7) is 0.560. The lowest BCUT2D eigenvalue weighted by atomic mass is 9.98. The predicted octanol–water partition coefficient (Wildman–Crippen LogP) is 4.31. The largest absolute Gasteiger partial charge is 0.481 e. The van der Waals surface area contributed by atoms with Gasteiger partial charge in [-0.1, -0.05) is 68.3 Å². The zero-order valence-electron chi connectivity index (χ0n) is 18.9. The molecule has 1 aliphatic rings. The highest BCUT2D eigenvalue weighted by molar-refractivity contribution is 5.85. The van der Waals surface area contributed by atoms with Crippen LogP contribution in [-0.4, -0.2) is 48.2 Å². The second-order valence-electron chi connectivity index (χ2n) is 8.29.